The van der Waals surface area contributed by atoms with Gasteiger partial charge < -0.3 is 15.7 Å². The third-order valence-electron chi connectivity index (χ3n) is 6.94. The number of hydrogen-bond acceptors (Lipinski definition) is 6. The third kappa shape index (κ3) is 7.05. The predicted molar refractivity (Wildman–Crippen MR) is 155 cm³/mol. The van der Waals surface area contributed by atoms with Crippen molar-refractivity contribution < 1.29 is 14.7 Å². The number of nitrogens with zero attached hydrogens (tertiary/aromatic N) is 4. The highest BCUT2D eigenvalue weighted by atomic mass is 35.5. The monoisotopic (exact) mass is 570 g/mol. The number of carbonyl (C=O) groups is 2. The summed E-state index contributed by atoms with van der Waals surface area (Å²) in [7, 11) is 0. The molecule has 0 bridgehead atoms. The molecule has 1 aromatic carbocycles. The van der Waals surface area contributed by atoms with Crippen LogP contribution in [0, 0.1) is 20.8 Å². The highest BCUT2D eigenvalue weighted by Gasteiger charge is 2.32. The number of nitrogens with one attached hydrogen (secondary N) is 2. The first kappa shape index (κ1) is 28.8. The van der Waals surface area contributed by atoms with Crippen LogP contribution in [0.5, 0.6) is 0 Å². The molecular weight excluding hydrogens is 536 g/mol. The van der Waals surface area contributed by atoms with Gasteiger partial charge in [0.05, 0.1) is 12.1 Å². The number of unbranched alkanes of at least 4 members (excludes halogenated alkanes) is 5. The maximum absolute atomic E-state index is 13.0. The molecule has 1 atom stereocenters. The van der Waals surface area contributed by atoms with E-state index in [1.165, 1.54) is 4.88 Å². The van der Waals surface area contributed by atoms with E-state index in [0.717, 1.165) is 71.8 Å². The molecule has 208 valence electrons. The minimum absolute atomic E-state index is 0.0655. The Bertz CT molecular complexity index is 1350. The molecule has 0 saturated heterocycles. The van der Waals surface area contributed by atoms with Crippen LogP contribution in [-0.2, 0) is 4.79 Å². The lowest BCUT2D eigenvalue weighted by Gasteiger charge is -2.13. The second-order valence-corrected chi connectivity index (χ2v) is 11.5. The van der Waals surface area contributed by atoms with Crippen molar-refractivity contribution in [2.45, 2.75) is 71.8 Å². The van der Waals surface area contributed by atoms with Gasteiger partial charge in [-0.1, -0.05) is 49.4 Å². The molecule has 0 unspecified atom stereocenters. The standard InChI is InChI=1S/C28H35ClN6O3S/c1-17-18(2)39-27-24(17)25(20-10-12-21(29)13-11-20)32-22(26-34-33-19(3)35(26)27)16-23(36)30-14-8-6-4-5-7-9-15-31-28(37)38/h10-13,22,31H,4-9,14-16H2,1-3H3,(H,30,36)(H,37,38)/t22-/m0/s1. The van der Waals surface area contributed by atoms with Gasteiger partial charge in [0.15, 0.2) is 5.82 Å². The Morgan fingerprint density at radius 3 is 2.28 bits per heavy atom. The lowest BCUT2D eigenvalue weighted by Crippen LogP contribution is -2.26. The summed E-state index contributed by atoms with van der Waals surface area (Å²) in [5.41, 5.74) is 3.99. The van der Waals surface area contributed by atoms with E-state index in [2.05, 4.69) is 39.2 Å². The Morgan fingerprint density at radius 1 is 0.974 bits per heavy atom. The minimum Gasteiger partial charge on any atom is -0.465 e. The van der Waals surface area contributed by atoms with E-state index in [0.29, 0.717) is 23.9 Å². The summed E-state index contributed by atoms with van der Waals surface area (Å²) in [6, 6.07) is 7.18. The summed E-state index contributed by atoms with van der Waals surface area (Å²) < 4.78 is 2.05. The Morgan fingerprint density at radius 2 is 1.62 bits per heavy atom. The largest absolute Gasteiger partial charge is 0.465 e. The SMILES string of the molecule is Cc1sc2c(c1C)C(c1ccc(Cl)cc1)=N[C@@H](CC(=O)NCCCCCCCCNC(=O)O)c1nnc(C)n1-2. The first-order valence-electron chi connectivity index (χ1n) is 13.4. The Labute approximate surface area is 237 Å². The van der Waals surface area contributed by atoms with Crippen molar-refractivity contribution in [2.24, 2.45) is 4.99 Å². The molecule has 4 rings (SSSR count). The van der Waals surface area contributed by atoms with Crippen LogP contribution < -0.4 is 10.6 Å². The minimum atomic E-state index is -0.974. The van der Waals surface area contributed by atoms with Crippen molar-refractivity contribution in [1.82, 2.24) is 25.4 Å². The average Bonchev–Trinajstić information content (AvgIpc) is 3.37. The van der Waals surface area contributed by atoms with E-state index in [1.807, 2.05) is 31.2 Å². The van der Waals surface area contributed by atoms with Gasteiger partial charge in [-0.15, -0.1) is 21.5 Å². The van der Waals surface area contributed by atoms with Crippen LogP contribution in [0.1, 0.15) is 84.2 Å². The summed E-state index contributed by atoms with van der Waals surface area (Å²) in [4.78, 5) is 29.8. The molecule has 11 heteroatoms. The van der Waals surface area contributed by atoms with Crippen molar-refractivity contribution in [1.29, 1.82) is 0 Å². The zero-order chi connectivity index (χ0) is 27.9. The molecule has 9 nitrogen and oxygen atoms in total. The first-order valence-corrected chi connectivity index (χ1v) is 14.6. The summed E-state index contributed by atoms with van der Waals surface area (Å²) in [6.45, 7) is 7.24. The first-order chi connectivity index (χ1) is 18.8. The van der Waals surface area contributed by atoms with Gasteiger partial charge in [0.25, 0.3) is 0 Å². The fourth-order valence-corrected chi connectivity index (χ4v) is 6.10. The van der Waals surface area contributed by atoms with Crippen LogP contribution >= 0.6 is 22.9 Å². The molecule has 0 fully saturated rings. The fraction of sp³-hybridized carbons (Fsp3) is 0.464. The number of halogens is 1. The predicted octanol–water partition coefficient (Wildman–Crippen LogP) is 5.91. The average molecular weight is 571 g/mol. The van der Waals surface area contributed by atoms with Crippen molar-refractivity contribution in [3.63, 3.8) is 0 Å². The number of aliphatic imine (C=N–C) groups is 1. The van der Waals surface area contributed by atoms with Crippen LogP contribution in [0.25, 0.3) is 5.00 Å². The van der Waals surface area contributed by atoms with Crippen LogP contribution in [-0.4, -0.2) is 50.7 Å². The number of hydrogen-bond donors (Lipinski definition) is 3. The van der Waals surface area contributed by atoms with E-state index in [-0.39, 0.29) is 12.3 Å². The number of aryl methyl sites for hydroxylation is 2. The summed E-state index contributed by atoms with van der Waals surface area (Å²) >= 11 is 7.86. The molecule has 2 aromatic heterocycles. The molecule has 0 spiro atoms. The van der Waals surface area contributed by atoms with Gasteiger partial charge in [-0.2, -0.15) is 0 Å². The summed E-state index contributed by atoms with van der Waals surface area (Å²) in [6.07, 6.45) is 5.07. The maximum atomic E-state index is 13.0. The molecule has 2 amide bonds. The number of aromatic nitrogens is 3. The molecule has 1 aliphatic rings. The van der Waals surface area contributed by atoms with E-state index in [9.17, 15) is 9.59 Å². The lowest BCUT2D eigenvalue weighted by molar-refractivity contribution is -0.121. The van der Waals surface area contributed by atoms with Gasteiger partial charge in [0.1, 0.15) is 16.9 Å². The Kier molecular flexibility index (Phi) is 9.74. The second-order valence-electron chi connectivity index (χ2n) is 9.81. The van der Waals surface area contributed by atoms with Crippen molar-refractivity contribution >= 4 is 40.6 Å². The van der Waals surface area contributed by atoms with Crippen LogP contribution in [0.15, 0.2) is 29.3 Å². The summed E-state index contributed by atoms with van der Waals surface area (Å²) in [5, 5.41) is 24.5. The van der Waals surface area contributed by atoms with E-state index < -0.39 is 12.1 Å². The maximum Gasteiger partial charge on any atom is 0.404 e. The molecule has 0 aliphatic carbocycles. The van der Waals surface area contributed by atoms with Gasteiger partial charge in [-0.25, -0.2) is 4.79 Å². The Hall–Kier alpha value is -3.24. The fourth-order valence-electron chi connectivity index (χ4n) is 4.76. The molecule has 0 radical (unpaired) electrons. The molecule has 3 aromatic rings. The smallest absolute Gasteiger partial charge is 0.404 e. The molecule has 3 N–H and O–H groups in total. The quantitative estimate of drug-likeness (QED) is 0.234. The van der Waals surface area contributed by atoms with Crippen molar-refractivity contribution in [2.75, 3.05) is 13.1 Å². The number of amides is 2. The van der Waals surface area contributed by atoms with E-state index >= 15 is 0 Å². The van der Waals surface area contributed by atoms with Gasteiger partial charge in [0, 0.05) is 34.1 Å². The third-order valence-corrected chi connectivity index (χ3v) is 8.38. The zero-order valence-corrected chi connectivity index (χ0v) is 24.2. The number of rotatable bonds is 12. The normalized spacial score (nSPS) is 14.3. The number of benzene rings is 1. The molecule has 0 saturated carbocycles. The van der Waals surface area contributed by atoms with Gasteiger partial charge in [-0.3, -0.25) is 14.4 Å². The molecule has 3 heterocycles. The summed E-state index contributed by atoms with van der Waals surface area (Å²) in [5.74, 6) is 1.38. The Balaban J connectivity index is 1.43. The van der Waals surface area contributed by atoms with E-state index in [1.54, 1.807) is 11.3 Å². The van der Waals surface area contributed by atoms with Gasteiger partial charge >= 0.3 is 6.09 Å². The number of carbonyl (C=O) groups excluding carboxylic acids is 1. The van der Waals surface area contributed by atoms with Gasteiger partial charge in [-0.05, 0) is 51.3 Å². The number of carboxylic acid groups (broad SMARTS) is 1. The van der Waals surface area contributed by atoms with Crippen molar-refractivity contribution in [3.05, 3.63) is 62.5 Å². The molecular formula is C28H35ClN6O3S. The van der Waals surface area contributed by atoms with Crippen LogP contribution in [0.3, 0.4) is 0 Å². The number of fused-ring (bicyclic) bond motifs is 3. The number of thiophene rings is 1. The van der Waals surface area contributed by atoms with Crippen LogP contribution in [0.4, 0.5) is 4.79 Å². The lowest BCUT2D eigenvalue weighted by atomic mass is 9.99. The second kappa shape index (κ2) is 13.2. The highest BCUT2D eigenvalue weighted by molar-refractivity contribution is 7.15. The topological polar surface area (TPSA) is 122 Å². The van der Waals surface area contributed by atoms with Crippen LogP contribution in [0.2, 0.25) is 5.02 Å². The van der Waals surface area contributed by atoms with E-state index in [4.69, 9.17) is 21.7 Å². The zero-order valence-electron chi connectivity index (χ0n) is 22.6. The van der Waals surface area contributed by atoms with Crippen molar-refractivity contribution in [3.8, 4) is 5.00 Å². The highest BCUT2D eigenvalue weighted by Crippen LogP contribution is 2.39. The molecule has 1 aliphatic heterocycles. The molecule has 39 heavy (non-hydrogen) atoms. The van der Waals surface area contributed by atoms with Gasteiger partial charge in [0.2, 0.25) is 5.91 Å².